The van der Waals surface area contributed by atoms with Gasteiger partial charge in [-0.2, -0.15) is 0 Å². The van der Waals surface area contributed by atoms with Gasteiger partial charge in [0.2, 0.25) is 11.8 Å². The van der Waals surface area contributed by atoms with Crippen LogP contribution in [0.15, 0.2) is 48.5 Å². The molecule has 1 unspecified atom stereocenters. The standard InChI is InChI=1S/C21H26FN3O3/c1-25(2)19(16-7-9-18(28-3)10-8-16)13-23-21(27)14-24-20(26)12-15-5-4-6-17(22)11-15/h4-11,19H,12-14H2,1-3H3,(H,23,27)(H,24,26). The van der Waals surface area contributed by atoms with Crippen LogP contribution < -0.4 is 15.4 Å². The molecule has 0 fully saturated rings. The molecule has 2 rings (SSSR count). The Morgan fingerprint density at radius 1 is 1.07 bits per heavy atom. The second-order valence-electron chi connectivity index (χ2n) is 6.64. The number of halogens is 1. The minimum atomic E-state index is -0.392. The fraction of sp³-hybridized carbons (Fsp3) is 0.333. The van der Waals surface area contributed by atoms with E-state index in [0.29, 0.717) is 12.1 Å². The molecular weight excluding hydrogens is 361 g/mol. The molecule has 0 spiro atoms. The predicted octanol–water partition coefficient (Wildman–Crippen LogP) is 1.91. The number of methoxy groups -OCH3 is 1. The molecule has 0 aromatic heterocycles. The molecule has 0 aliphatic heterocycles. The molecule has 2 N–H and O–H groups in total. The second-order valence-corrected chi connectivity index (χ2v) is 6.64. The molecule has 2 amide bonds. The first kappa shape index (κ1) is 21.4. The fourth-order valence-electron chi connectivity index (χ4n) is 2.77. The molecule has 2 aromatic rings. The SMILES string of the molecule is COc1ccc(C(CNC(=O)CNC(=O)Cc2cccc(F)c2)N(C)C)cc1. The maximum absolute atomic E-state index is 13.1. The van der Waals surface area contributed by atoms with Crippen LogP contribution in [-0.2, 0) is 16.0 Å². The van der Waals surface area contributed by atoms with Crippen LogP contribution in [0.3, 0.4) is 0 Å². The Labute approximate surface area is 164 Å². The Bertz CT molecular complexity index is 794. The normalized spacial score (nSPS) is 11.8. The highest BCUT2D eigenvalue weighted by atomic mass is 19.1. The number of amides is 2. The second kappa shape index (κ2) is 10.4. The van der Waals surface area contributed by atoms with E-state index in [9.17, 15) is 14.0 Å². The van der Waals surface area contributed by atoms with Crippen LogP contribution in [-0.4, -0.2) is 51.0 Å². The van der Waals surface area contributed by atoms with Gasteiger partial charge in [-0.1, -0.05) is 24.3 Å². The van der Waals surface area contributed by atoms with Gasteiger partial charge in [0.25, 0.3) is 0 Å². The number of nitrogens with one attached hydrogen (secondary N) is 2. The quantitative estimate of drug-likeness (QED) is 0.690. The lowest BCUT2D eigenvalue weighted by Crippen LogP contribution is -2.41. The number of benzene rings is 2. The van der Waals surface area contributed by atoms with Gasteiger partial charge >= 0.3 is 0 Å². The molecule has 0 saturated heterocycles. The summed E-state index contributed by atoms with van der Waals surface area (Å²) in [5.74, 6) is -0.240. The third kappa shape index (κ3) is 6.66. The molecule has 1 atom stereocenters. The van der Waals surface area contributed by atoms with E-state index in [0.717, 1.165) is 11.3 Å². The number of nitrogens with zero attached hydrogens (tertiary/aromatic N) is 1. The monoisotopic (exact) mass is 387 g/mol. The predicted molar refractivity (Wildman–Crippen MR) is 106 cm³/mol. The van der Waals surface area contributed by atoms with E-state index in [-0.39, 0.29) is 30.8 Å². The summed E-state index contributed by atoms with van der Waals surface area (Å²) < 4.78 is 18.3. The summed E-state index contributed by atoms with van der Waals surface area (Å²) in [6.45, 7) is 0.273. The first-order valence-corrected chi connectivity index (χ1v) is 8.97. The summed E-state index contributed by atoms with van der Waals surface area (Å²) in [4.78, 5) is 26.0. The molecule has 2 aromatic carbocycles. The van der Waals surface area contributed by atoms with Gasteiger partial charge in [-0.3, -0.25) is 9.59 Å². The topological polar surface area (TPSA) is 70.7 Å². The maximum Gasteiger partial charge on any atom is 0.239 e. The first-order valence-electron chi connectivity index (χ1n) is 8.97. The molecule has 28 heavy (non-hydrogen) atoms. The number of carbonyl (C=O) groups excluding carboxylic acids is 2. The molecule has 0 heterocycles. The van der Waals surface area contributed by atoms with Crippen molar-refractivity contribution in [3.05, 3.63) is 65.5 Å². The van der Waals surface area contributed by atoms with Crippen LogP contribution >= 0.6 is 0 Å². The van der Waals surface area contributed by atoms with E-state index >= 15 is 0 Å². The van der Waals surface area contributed by atoms with Gasteiger partial charge in [0, 0.05) is 6.54 Å². The largest absolute Gasteiger partial charge is 0.497 e. The van der Waals surface area contributed by atoms with Crippen molar-refractivity contribution >= 4 is 11.8 Å². The van der Waals surface area contributed by atoms with Crippen LogP contribution in [0.4, 0.5) is 4.39 Å². The van der Waals surface area contributed by atoms with Crippen molar-refractivity contribution < 1.29 is 18.7 Å². The lowest BCUT2D eigenvalue weighted by atomic mass is 10.1. The van der Waals surface area contributed by atoms with Crippen LogP contribution in [0.2, 0.25) is 0 Å². The number of hydrogen-bond acceptors (Lipinski definition) is 4. The Morgan fingerprint density at radius 3 is 2.39 bits per heavy atom. The number of carbonyl (C=O) groups is 2. The Morgan fingerprint density at radius 2 is 1.79 bits per heavy atom. The van der Waals surface area contributed by atoms with E-state index in [1.165, 1.54) is 12.1 Å². The molecule has 0 saturated carbocycles. The zero-order valence-corrected chi connectivity index (χ0v) is 16.4. The summed E-state index contributed by atoms with van der Waals surface area (Å²) in [6, 6.07) is 13.5. The van der Waals surface area contributed by atoms with Crippen molar-refractivity contribution in [3.63, 3.8) is 0 Å². The van der Waals surface area contributed by atoms with Crippen molar-refractivity contribution in [1.82, 2.24) is 15.5 Å². The summed E-state index contributed by atoms with van der Waals surface area (Å²) in [5.41, 5.74) is 1.60. The molecular formula is C21H26FN3O3. The third-order valence-corrected chi connectivity index (χ3v) is 4.32. The Balaban J connectivity index is 1.81. The summed E-state index contributed by atoms with van der Waals surface area (Å²) in [6.07, 6.45) is 0.0250. The first-order chi connectivity index (χ1) is 13.4. The number of hydrogen-bond donors (Lipinski definition) is 2. The van der Waals surface area contributed by atoms with Gasteiger partial charge in [0.15, 0.2) is 0 Å². The lowest BCUT2D eigenvalue weighted by molar-refractivity contribution is -0.125. The van der Waals surface area contributed by atoms with Crippen molar-refractivity contribution in [2.75, 3.05) is 34.3 Å². The lowest BCUT2D eigenvalue weighted by Gasteiger charge is -2.25. The van der Waals surface area contributed by atoms with Gasteiger partial charge in [0.05, 0.1) is 26.1 Å². The highest BCUT2D eigenvalue weighted by Crippen LogP contribution is 2.20. The Hall–Kier alpha value is -2.93. The molecule has 0 aliphatic carbocycles. The minimum Gasteiger partial charge on any atom is -0.497 e. The molecule has 0 aliphatic rings. The van der Waals surface area contributed by atoms with Crippen molar-refractivity contribution in [2.45, 2.75) is 12.5 Å². The van der Waals surface area contributed by atoms with E-state index in [1.54, 1.807) is 19.2 Å². The number of likely N-dealkylation sites (N-methyl/N-ethyl adjacent to an activating group) is 1. The molecule has 7 heteroatoms. The van der Waals surface area contributed by atoms with E-state index in [4.69, 9.17) is 4.74 Å². The maximum atomic E-state index is 13.1. The molecule has 0 radical (unpaired) electrons. The average molecular weight is 387 g/mol. The van der Waals surface area contributed by atoms with Gasteiger partial charge in [-0.15, -0.1) is 0 Å². The zero-order valence-electron chi connectivity index (χ0n) is 16.4. The van der Waals surface area contributed by atoms with E-state index in [1.807, 2.05) is 43.3 Å². The van der Waals surface area contributed by atoms with E-state index < -0.39 is 5.82 Å². The smallest absolute Gasteiger partial charge is 0.239 e. The molecule has 0 bridgehead atoms. The number of ether oxygens (including phenoxy) is 1. The fourth-order valence-corrected chi connectivity index (χ4v) is 2.77. The van der Waals surface area contributed by atoms with Crippen molar-refractivity contribution in [1.29, 1.82) is 0 Å². The van der Waals surface area contributed by atoms with Gasteiger partial charge in [-0.25, -0.2) is 4.39 Å². The minimum absolute atomic E-state index is 0.0159. The molecule has 150 valence electrons. The van der Waals surface area contributed by atoms with Gasteiger partial charge in [-0.05, 0) is 49.5 Å². The van der Waals surface area contributed by atoms with Gasteiger partial charge in [0.1, 0.15) is 11.6 Å². The third-order valence-electron chi connectivity index (χ3n) is 4.32. The van der Waals surface area contributed by atoms with Crippen LogP contribution in [0.1, 0.15) is 17.2 Å². The highest BCUT2D eigenvalue weighted by Gasteiger charge is 2.16. The van der Waals surface area contributed by atoms with Crippen LogP contribution in [0, 0.1) is 5.82 Å². The number of rotatable bonds is 9. The van der Waals surface area contributed by atoms with Crippen LogP contribution in [0.5, 0.6) is 5.75 Å². The highest BCUT2D eigenvalue weighted by molar-refractivity contribution is 5.85. The van der Waals surface area contributed by atoms with E-state index in [2.05, 4.69) is 10.6 Å². The summed E-state index contributed by atoms with van der Waals surface area (Å²) >= 11 is 0. The van der Waals surface area contributed by atoms with Crippen molar-refractivity contribution in [2.24, 2.45) is 0 Å². The molecule has 6 nitrogen and oxygen atoms in total. The van der Waals surface area contributed by atoms with Crippen LogP contribution in [0.25, 0.3) is 0 Å². The Kier molecular flexibility index (Phi) is 7.95. The zero-order chi connectivity index (χ0) is 20.5. The van der Waals surface area contributed by atoms with Crippen molar-refractivity contribution in [3.8, 4) is 5.75 Å². The average Bonchev–Trinajstić information content (AvgIpc) is 2.67. The summed E-state index contributed by atoms with van der Waals surface area (Å²) in [7, 11) is 5.48. The summed E-state index contributed by atoms with van der Waals surface area (Å²) in [5, 5.41) is 5.39. The van der Waals surface area contributed by atoms with Gasteiger partial charge < -0.3 is 20.3 Å².